The van der Waals surface area contributed by atoms with Crippen LogP contribution >= 0.6 is 0 Å². The summed E-state index contributed by atoms with van der Waals surface area (Å²) in [6.07, 6.45) is 0. The van der Waals surface area contributed by atoms with Gasteiger partial charge in [-0.3, -0.25) is 4.90 Å². The molecular weight excluding hydrogens is 178 g/mol. The zero-order valence-electron chi connectivity index (χ0n) is 9.67. The second-order valence-corrected chi connectivity index (χ2v) is 5.45. The van der Waals surface area contributed by atoms with Gasteiger partial charge in [0.2, 0.25) is 0 Å². The molecule has 0 radical (unpaired) electrons. The van der Waals surface area contributed by atoms with Crippen molar-refractivity contribution in [1.82, 2.24) is 4.90 Å². The summed E-state index contributed by atoms with van der Waals surface area (Å²) in [5.74, 6) is 0. The van der Waals surface area contributed by atoms with E-state index < -0.39 is 0 Å². The van der Waals surface area contributed by atoms with Crippen molar-refractivity contribution >= 4 is 0 Å². The minimum Gasteiger partial charge on any atom is -0.375 e. The van der Waals surface area contributed by atoms with Gasteiger partial charge in [-0.2, -0.15) is 0 Å². The molecule has 1 spiro atoms. The summed E-state index contributed by atoms with van der Waals surface area (Å²) in [6, 6.07) is 0.463. The van der Waals surface area contributed by atoms with Gasteiger partial charge in [-0.05, 0) is 27.7 Å². The highest BCUT2D eigenvalue weighted by Gasteiger charge is 2.51. The van der Waals surface area contributed by atoms with Crippen LogP contribution < -0.4 is 0 Å². The third-order valence-electron chi connectivity index (χ3n) is 3.51. The van der Waals surface area contributed by atoms with Gasteiger partial charge >= 0.3 is 0 Å². The van der Waals surface area contributed by atoms with E-state index >= 15 is 0 Å². The molecule has 2 rings (SSSR count). The van der Waals surface area contributed by atoms with E-state index in [4.69, 9.17) is 9.47 Å². The molecular formula is C11H21NO2. The Labute approximate surface area is 86.4 Å². The van der Waals surface area contributed by atoms with Gasteiger partial charge in [-0.1, -0.05) is 0 Å². The third-order valence-corrected chi connectivity index (χ3v) is 3.51. The third kappa shape index (κ3) is 1.47. The molecule has 2 saturated heterocycles. The molecule has 0 N–H and O–H groups in total. The van der Waals surface area contributed by atoms with Crippen LogP contribution in [0.2, 0.25) is 0 Å². The van der Waals surface area contributed by atoms with Crippen LogP contribution in [0, 0.1) is 0 Å². The summed E-state index contributed by atoms with van der Waals surface area (Å²) in [5.41, 5.74) is 0.220. The van der Waals surface area contributed by atoms with E-state index in [1.165, 1.54) is 0 Å². The fourth-order valence-electron chi connectivity index (χ4n) is 2.49. The first kappa shape index (κ1) is 10.4. The summed E-state index contributed by atoms with van der Waals surface area (Å²) in [6.45, 7) is 12.5. The van der Waals surface area contributed by atoms with E-state index in [1.54, 1.807) is 0 Å². The monoisotopic (exact) mass is 199 g/mol. The number of hydrogen-bond acceptors (Lipinski definition) is 3. The highest BCUT2D eigenvalue weighted by Crippen LogP contribution is 2.35. The highest BCUT2D eigenvalue weighted by atomic mass is 16.6. The Kier molecular flexibility index (Phi) is 2.37. The average molecular weight is 199 g/mol. The second kappa shape index (κ2) is 3.19. The fourth-order valence-corrected chi connectivity index (χ4v) is 2.49. The normalized spacial score (nSPS) is 33.0. The number of morpholine rings is 1. The van der Waals surface area contributed by atoms with Crippen LogP contribution in [-0.2, 0) is 9.47 Å². The largest absolute Gasteiger partial charge is 0.375 e. The first-order chi connectivity index (χ1) is 6.46. The smallest absolute Gasteiger partial charge is 0.130 e. The minimum atomic E-state index is -0.00840. The van der Waals surface area contributed by atoms with Crippen LogP contribution in [0.3, 0.4) is 0 Å². The van der Waals surface area contributed by atoms with Gasteiger partial charge in [-0.15, -0.1) is 0 Å². The predicted molar refractivity (Wildman–Crippen MR) is 55.4 cm³/mol. The maximum absolute atomic E-state index is 5.87. The van der Waals surface area contributed by atoms with Gasteiger partial charge in [0.1, 0.15) is 5.60 Å². The van der Waals surface area contributed by atoms with E-state index in [2.05, 4.69) is 32.6 Å². The van der Waals surface area contributed by atoms with Crippen molar-refractivity contribution < 1.29 is 9.47 Å². The fraction of sp³-hybridized carbons (Fsp3) is 1.00. The molecule has 2 aliphatic rings. The molecule has 2 heterocycles. The quantitative estimate of drug-likeness (QED) is 0.586. The van der Waals surface area contributed by atoms with Crippen LogP contribution in [0.25, 0.3) is 0 Å². The van der Waals surface area contributed by atoms with Gasteiger partial charge in [0.05, 0.1) is 19.8 Å². The molecule has 2 fully saturated rings. The Morgan fingerprint density at radius 3 is 2.36 bits per heavy atom. The second-order valence-electron chi connectivity index (χ2n) is 5.45. The summed E-state index contributed by atoms with van der Waals surface area (Å²) in [5, 5.41) is 0. The van der Waals surface area contributed by atoms with Gasteiger partial charge in [0, 0.05) is 18.1 Å². The molecule has 0 amide bonds. The average Bonchev–Trinajstić information content (AvgIpc) is 1.99. The molecule has 0 bridgehead atoms. The van der Waals surface area contributed by atoms with Crippen LogP contribution in [-0.4, -0.2) is 48.4 Å². The van der Waals surface area contributed by atoms with E-state index in [-0.39, 0.29) is 11.1 Å². The molecule has 14 heavy (non-hydrogen) atoms. The Morgan fingerprint density at radius 2 is 1.93 bits per heavy atom. The number of rotatable bonds is 0. The molecule has 0 aromatic rings. The van der Waals surface area contributed by atoms with E-state index in [0.29, 0.717) is 6.04 Å². The maximum atomic E-state index is 5.87. The standard InChI is InChI=1S/C11H21NO2/c1-9-11(7-13-8-11)14-6-5-12(9)10(2,3)4/h9H,5-8H2,1-4H3/t9-/m0/s1. The summed E-state index contributed by atoms with van der Waals surface area (Å²) in [4.78, 5) is 2.53. The lowest BCUT2D eigenvalue weighted by Crippen LogP contribution is -2.70. The molecule has 0 aliphatic carbocycles. The number of ether oxygens (including phenoxy) is 2. The summed E-state index contributed by atoms with van der Waals surface area (Å²) >= 11 is 0. The zero-order valence-corrected chi connectivity index (χ0v) is 9.67. The minimum absolute atomic E-state index is 0.00840. The van der Waals surface area contributed by atoms with Crippen molar-refractivity contribution in [3.8, 4) is 0 Å². The van der Waals surface area contributed by atoms with Crippen LogP contribution in [0.4, 0.5) is 0 Å². The van der Waals surface area contributed by atoms with Crippen molar-refractivity contribution in [2.45, 2.75) is 44.9 Å². The molecule has 3 heteroatoms. The van der Waals surface area contributed by atoms with Crippen molar-refractivity contribution in [1.29, 1.82) is 0 Å². The van der Waals surface area contributed by atoms with Crippen LogP contribution in [0.15, 0.2) is 0 Å². The molecule has 2 aliphatic heterocycles. The van der Waals surface area contributed by atoms with E-state index in [9.17, 15) is 0 Å². The predicted octanol–water partition coefficient (Wildman–Crippen LogP) is 1.27. The van der Waals surface area contributed by atoms with Gasteiger partial charge < -0.3 is 9.47 Å². The SMILES string of the molecule is C[C@@H]1N(C(C)(C)C)CCOC12COC2. The Bertz CT molecular complexity index is 218. The molecule has 1 atom stereocenters. The summed E-state index contributed by atoms with van der Waals surface area (Å²) < 4.78 is 11.2. The highest BCUT2D eigenvalue weighted by molar-refractivity contribution is 5.02. The first-order valence-corrected chi connectivity index (χ1v) is 5.44. The van der Waals surface area contributed by atoms with Gasteiger partial charge in [0.15, 0.2) is 0 Å². The Morgan fingerprint density at radius 1 is 1.29 bits per heavy atom. The van der Waals surface area contributed by atoms with Crippen LogP contribution in [0.1, 0.15) is 27.7 Å². The molecule has 82 valence electrons. The number of nitrogens with zero attached hydrogens (tertiary/aromatic N) is 1. The number of hydrogen-bond donors (Lipinski definition) is 0. The van der Waals surface area contributed by atoms with Crippen molar-refractivity contribution in [3.63, 3.8) is 0 Å². The Hall–Kier alpha value is -0.120. The maximum Gasteiger partial charge on any atom is 0.130 e. The topological polar surface area (TPSA) is 21.7 Å². The van der Waals surface area contributed by atoms with Crippen molar-refractivity contribution in [2.75, 3.05) is 26.4 Å². The van der Waals surface area contributed by atoms with Gasteiger partial charge in [0.25, 0.3) is 0 Å². The van der Waals surface area contributed by atoms with Gasteiger partial charge in [-0.25, -0.2) is 0 Å². The molecule has 0 unspecified atom stereocenters. The lowest BCUT2D eigenvalue weighted by atomic mass is 9.87. The van der Waals surface area contributed by atoms with E-state index in [1.807, 2.05) is 0 Å². The van der Waals surface area contributed by atoms with Crippen molar-refractivity contribution in [2.24, 2.45) is 0 Å². The van der Waals surface area contributed by atoms with E-state index in [0.717, 1.165) is 26.4 Å². The molecule has 0 aromatic carbocycles. The Balaban J connectivity index is 2.13. The zero-order chi connectivity index (χ0) is 10.4. The first-order valence-electron chi connectivity index (χ1n) is 5.44. The lowest BCUT2D eigenvalue weighted by molar-refractivity contribution is -0.268. The molecule has 0 aromatic heterocycles. The van der Waals surface area contributed by atoms with Crippen LogP contribution in [0.5, 0.6) is 0 Å². The van der Waals surface area contributed by atoms with Crippen molar-refractivity contribution in [3.05, 3.63) is 0 Å². The lowest BCUT2D eigenvalue weighted by Gasteiger charge is -2.56. The molecule has 0 saturated carbocycles. The molecule has 3 nitrogen and oxygen atoms in total. The summed E-state index contributed by atoms with van der Waals surface area (Å²) in [7, 11) is 0.